The highest BCUT2D eigenvalue weighted by atomic mass is 16.5. The fraction of sp³-hybridized carbons (Fsp3) is 0.400. The average Bonchev–Trinajstić information content (AvgIpc) is 2.73. The molecule has 2 aromatic rings. The first-order valence-electron chi connectivity index (χ1n) is 6.25. The zero-order chi connectivity index (χ0) is 14.3. The predicted octanol–water partition coefficient (Wildman–Crippen LogP) is 2.66. The molecule has 104 valence electrons. The molecule has 4 nitrogen and oxygen atoms in total. The number of nitrogens with one attached hydrogen (secondary N) is 1. The maximum Gasteiger partial charge on any atom is 0.293 e. The second kappa shape index (κ2) is 6.95. The Morgan fingerprint density at radius 3 is 2.53 bits per heavy atom. The molecule has 0 radical (unpaired) electrons. The molecule has 1 heterocycles. The molecule has 0 bridgehead atoms. The van der Waals surface area contributed by atoms with Gasteiger partial charge < -0.3 is 14.8 Å². The van der Waals surface area contributed by atoms with Gasteiger partial charge in [0.2, 0.25) is 0 Å². The summed E-state index contributed by atoms with van der Waals surface area (Å²) < 4.78 is 4.55. The van der Waals surface area contributed by atoms with Gasteiger partial charge in [-0.2, -0.15) is 0 Å². The quantitative estimate of drug-likeness (QED) is 0.837. The monoisotopic (exact) mass is 263 g/mol. The second-order valence-corrected chi connectivity index (χ2v) is 5.16. The van der Waals surface area contributed by atoms with Crippen LogP contribution in [0.5, 0.6) is 0 Å². The van der Waals surface area contributed by atoms with E-state index >= 15 is 0 Å². The minimum atomic E-state index is -0.318. The molecule has 0 saturated heterocycles. The first kappa shape index (κ1) is 15.2. The number of aliphatic hydroxyl groups excluding tert-OH is 1. The van der Waals surface area contributed by atoms with Gasteiger partial charge in [-0.25, -0.2) is 0 Å². The van der Waals surface area contributed by atoms with Gasteiger partial charge in [0.05, 0.1) is 0 Å². The lowest BCUT2D eigenvalue weighted by atomic mass is 10.1. The molecular formula is C15H21NO3. The average molecular weight is 263 g/mol. The normalized spacial score (nSPS) is 10.7. The highest BCUT2D eigenvalue weighted by molar-refractivity contribution is 5.82. The van der Waals surface area contributed by atoms with Crippen molar-refractivity contribution in [2.45, 2.75) is 32.8 Å². The van der Waals surface area contributed by atoms with E-state index in [2.05, 4.69) is 15.8 Å². The summed E-state index contributed by atoms with van der Waals surface area (Å²) in [5, 5.41) is 10.00. The van der Waals surface area contributed by atoms with Crippen LogP contribution in [0.25, 0.3) is 10.9 Å². The Morgan fingerprint density at radius 2 is 2.00 bits per heavy atom. The number of aromatic amines is 1. The smallest absolute Gasteiger partial charge is 0.293 e. The summed E-state index contributed by atoms with van der Waals surface area (Å²) >= 11 is 0. The van der Waals surface area contributed by atoms with Crippen LogP contribution in [0.3, 0.4) is 0 Å². The molecule has 0 aliphatic carbocycles. The van der Waals surface area contributed by atoms with Crippen LogP contribution < -0.4 is 0 Å². The predicted molar refractivity (Wildman–Crippen MR) is 76.0 cm³/mol. The summed E-state index contributed by atoms with van der Waals surface area (Å²) in [5.74, 6) is 0. The number of hydrogen-bond donors (Lipinski definition) is 2. The maximum atomic E-state index is 9.60. The molecule has 0 amide bonds. The van der Waals surface area contributed by atoms with Crippen molar-refractivity contribution >= 4 is 17.4 Å². The zero-order valence-electron chi connectivity index (χ0n) is 11.6. The topological polar surface area (TPSA) is 62.3 Å². The van der Waals surface area contributed by atoms with Crippen LogP contribution in [0.2, 0.25) is 0 Å². The number of fused-ring (bicyclic) bond motifs is 1. The largest absolute Gasteiger partial charge is 0.462 e. The molecule has 2 rings (SSSR count). The summed E-state index contributed by atoms with van der Waals surface area (Å²) in [4.78, 5) is 12.8. The van der Waals surface area contributed by atoms with Crippen LogP contribution in [0, 0.1) is 0 Å². The lowest BCUT2D eigenvalue weighted by Crippen LogP contribution is -2.17. The van der Waals surface area contributed by atoms with Crippen molar-refractivity contribution in [3.63, 3.8) is 0 Å². The lowest BCUT2D eigenvalue weighted by molar-refractivity contribution is -0.138. The van der Waals surface area contributed by atoms with Crippen molar-refractivity contribution in [3.05, 3.63) is 36.0 Å². The van der Waals surface area contributed by atoms with Gasteiger partial charge in [0, 0.05) is 23.7 Å². The molecule has 0 atom stereocenters. The minimum Gasteiger partial charge on any atom is -0.462 e. The standard InChI is InChI=1S/C10H11NO.C5H10O2/c12-6-5-8-7-11-10-4-2-1-3-9(8)10;1-5(2,3)7-4-6/h1-4,7,11-12H,5-6H2;4H,1-3H3. The fourth-order valence-electron chi connectivity index (χ4n) is 1.60. The summed E-state index contributed by atoms with van der Waals surface area (Å²) in [7, 11) is 0. The molecule has 0 saturated carbocycles. The second-order valence-electron chi connectivity index (χ2n) is 5.16. The molecule has 0 aliphatic rings. The number of benzene rings is 1. The first-order chi connectivity index (χ1) is 8.98. The van der Waals surface area contributed by atoms with Crippen molar-refractivity contribution in [2.75, 3.05) is 6.61 Å². The number of hydrogen-bond acceptors (Lipinski definition) is 3. The molecule has 0 aliphatic heterocycles. The van der Waals surface area contributed by atoms with Crippen molar-refractivity contribution in [1.82, 2.24) is 4.98 Å². The van der Waals surface area contributed by atoms with Crippen molar-refractivity contribution in [1.29, 1.82) is 0 Å². The fourth-order valence-corrected chi connectivity index (χ4v) is 1.60. The molecule has 1 aromatic carbocycles. The van der Waals surface area contributed by atoms with Crippen LogP contribution in [0.1, 0.15) is 26.3 Å². The third-order valence-corrected chi connectivity index (χ3v) is 2.46. The van der Waals surface area contributed by atoms with Gasteiger partial charge >= 0.3 is 0 Å². The molecule has 2 N–H and O–H groups in total. The number of aromatic nitrogens is 1. The highest BCUT2D eigenvalue weighted by Crippen LogP contribution is 2.17. The first-order valence-corrected chi connectivity index (χ1v) is 6.25. The summed E-state index contributed by atoms with van der Waals surface area (Å²) in [6.07, 6.45) is 2.69. The summed E-state index contributed by atoms with van der Waals surface area (Å²) in [6.45, 7) is 6.13. The third-order valence-electron chi connectivity index (χ3n) is 2.46. The SMILES string of the molecule is CC(C)(C)OC=O.OCCc1c[nH]c2ccccc12. The number of carbonyl (C=O) groups is 1. The number of ether oxygens (including phenoxy) is 1. The van der Waals surface area contributed by atoms with Crippen LogP contribution in [0.4, 0.5) is 0 Å². The Balaban J connectivity index is 0.000000224. The van der Waals surface area contributed by atoms with Crippen molar-refractivity contribution in [2.24, 2.45) is 0 Å². The van der Waals surface area contributed by atoms with Gasteiger partial charge in [0.1, 0.15) is 5.60 Å². The van der Waals surface area contributed by atoms with Crippen LogP contribution >= 0.6 is 0 Å². The molecule has 1 aromatic heterocycles. The van der Waals surface area contributed by atoms with Gasteiger partial charge in [0.25, 0.3) is 6.47 Å². The third kappa shape index (κ3) is 5.14. The van der Waals surface area contributed by atoms with Gasteiger partial charge in [-0.05, 0) is 38.8 Å². The summed E-state index contributed by atoms with van der Waals surface area (Å²) in [5.41, 5.74) is 2.01. The number of aliphatic hydroxyl groups is 1. The maximum absolute atomic E-state index is 9.60. The molecule has 4 heteroatoms. The molecular weight excluding hydrogens is 242 g/mol. The zero-order valence-corrected chi connectivity index (χ0v) is 11.6. The van der Waals surface area contributed by atoms with Crippen molar-refractivity contribution in [3.8, 4) is 0 Å². The van der Waals surface area contributed by atoms with Gasteiger partial charge in [0.15, 0.2) is 0 Å². The molecule has 0 unspecified atom stereocenters. The Labute approximate surface area is 113 Å². The molecule has 19 heavy (non-hydrogen) atoms. The van der Waals surface area contributed by atoms with E-state index in [0.29, 0.717) is 6.47 Å². The van der Waals surface area contributed by atoms with E-state index in [4.69, 9.17) is 5.11 Å². The van der Waals surface area contributed by atoms with E-state index in [-0.39, 0.29) is 12.2 Å². The Morgan fingerprint density at radius 1 is 1.32 bits per heavy atom. The number of carbonyl (C=O) groups excluding carboxylic acids is 1. The number of rotatable bonds is 3. The number of H-pyrrole nitrogens is 1. The Bertz CT molecular complexity index is 511. The van der Waals surface area contributed by atoms with Gasteiger partial charge in [-0.3, -0.25) is 4.79 Å². The number of para-hydroxylation sites is 1. The van der Waals surface area contributed by atoms with Gasteiger partial charge in [-0.15, -0.1) is 0 Å². The van der Waals surface area contributed by atoms with E-state index in [0.717, 1.165) is 11.9 Å². The summed E-state index contributed by atoms with van der Waals surface area (Å²) in [6, 6.07) is 8.12. The lowest BCUT2D eigenvalue weighted by Gasteiger charge is -2.14. The van der Waals surface area contributed by atoms with Crippen LogP contribution in [-0.2, 0) is 16.0 Å². The van der Waals surface area contributed by atoms with Crippen LogP contribution in [-0.4, -0.2) is 28.8 Å². The molecule has 0 fully saturated rings. The Kier molecular flexibility index (Phi) is 5.57. The van der Waals surface area contributed by atoms with Crippen molar-refractivity contribution < 1.29 is 14.6 Å². The van der Waals surface area contributed by atoms with E-state index in [1.54, 1.807) is 0 Å². The Hall–Kier alpha value is -1.81. The van der Waals surface area contributed by atoms with E-state index < -0.39 is 0 Å². The van der Waals surface area contributed by atoms with Crippen LogP contribution in [0.15, 0.2) is 30.5 Å². The molecule has 0 spiro atoms. The van der Waals surface area contributed by atoms with E-state index in [1.807, 2.05) is 45.2 Å². The van der Waals surface area contributed by atoms with E-state index in [1.165, 1.54) is 10.9 Å². The minimum absolute atomic E-state index is 0.210. The highest BCUT2D eigenvalue weighted by Gasteiger charge is 2.07. The van der Waals surface area contributed by atoms with Gasteiger partial charge in [-0.1, -0.05) is 18.2 Å². The van der Waals surface area contributed by atoms with E-state index in [9.17, 15) is 4.79 Å².